The number of nitrogens with one attached hydrogen (secondary N) is 1. The Morgan fingerprint density at radius 1 is 0.929 bits per heavy atom. The first-order valence-corrected chi connectivity index (χ1v) is 10.4. The minimum atomic E-state index is 0.0843. The molecule has 5 heteroatoms. The lowest BCUT2D eigenvalue weighted by Crippen LogP contribution is -2.47. The first-order valence-electron chi connectivity index (χ1n) is 10.4. The molecule has 1 fully saturated rings. The van der Waals surface area contributed by atoms with Gasteiger partial charge < -0.3 is 15.1 Å². The predicted molar refractivity (Wildman–Crippen MR) is 118 cm³/mol. The molecule has 0 saturated carbocycles. The maximum absolute atomic E-state index is 12.3. The van der Waals surface area contributed by atoms with Crippen molar-refractivity contribution in [3.63, 3.8) is 0 Å². The molecule has 3 rings (SSSR count). The van der Waals surface area contributed by atoms with Crippen LogP contribution in [0, 0.1) is 0 Å². The molecule has 1 aliphatic rings. The normalized spacial score (nSPS) is 14.7. The van der Waals surface area contributed by atoms with E-state index in [1.807, 2.05) is 12.1 Å². The summed E-state index contributed by atoms with van der Waals surface area (Å²) in [6.07, 6.45) is 0.531. The molecule has 1 N–H and O–H groups in total. The zero-order valence-electron chi connectivity index (χ0n) is 17.1. The fourth-order valence-corrected chi connectivity index (χ4v) is 3.70. The number of hydrogen-bond acceptors (Lipinski definition) is 4. The molecule has 0 radical (unpaired) electrons. The number of carbonyl (C=O) groups is 1. The van der Waals surface area contributed by atoms with Crippen LogP contribution in [-0.2, 0) is 4.79 Å². The molecule has 1 amide bonds. The number of rotatable bonds is 8. The standard InChI is InChI=1S/C23H32N4O/c1-3-26(4-2)22-12-10-20(11-13-22)24-23(28)14-15-25-16-18-27(19-17-25)21-8-6-5-7-9-21/h5-13H,3-4,14-19H2,1-2H3,(H,24,28). The third-order valence-electron chi connectivity index (χ3n) is 5.43. The number of benzene rings is 2. The number of anilines is 3. The van der Waals surface area contributed by atoms with Crippen LogP contribution < -0.4 is 15.1 Å². The van der Waals surface area contributed by atoms with Crippen LogP contribution in [0.2, 0.25) is 0 Å². The number of para-hydroxylation sites is 1. The zero-order valence-corrected chi connectivity index (χ0v) is 17.1. The van der Waals surface area contributed by atoms with Crippen LogP contribution in [0.25, 0.3) is 0 Å². The summed E-state index contributed by atoms with van der Waals surface area (Å²) in [5.74, 6) is 0.0843. The summed E-state index contributed by atoms with van der Waals surface area (Å²) < 4.78 is 0. The van der Waals surface area contributed by atoms with Gasteiger partial charge in [0.15, 0.2) is 0 Å². The summed E-state index contributed by atoms with van der Waals surface area (Å²) in [6, 6.07) is 18.7. The molecule has 0 aromatic heterocycles. The van der Waals surface area contributed by atoms with Gasteiger partial charge in [0.1, 0.15) is 0 Å². The Morgan fingerprint density at radius 3 is 2.18 bits per heavy atom. The molecule has 5 nitrogen and oxygen atoms in total. The zero-order chi connectivity index (χ0) is 19.8. The molecule has 2 aromatic rings. The Labute approximate surface area is 168 Å². The fourth-order valence-electron chi connectivity index (χ4n) is 3.70. The highest BCUT2D eigenvalue weighted by molar-refractivity contribution is 5.91. The largest absolute Gasteiger partial charge is 0.372 e. The molecule has 0 unspecified atom stereocenters. The maximum atomic E-state index is 12.3. The topological polar surface area (TPSA) is 38.8 Å². The molecule has 1 heterocycles. The second kappa shape index (κ2) is 10.1. The van der Waals surface area contributed by atoms with E-state index in [4.69, 9.17) is 0 Å². The summed E-state index contributed by atoms with van der Waals surface area (Å²) in [5, 5.41) is 3.02. The third kappa shape index (κ3) is 5.49. The molecule has 150 valence electrons. The minimum Gasteiger partial charge on any atom is -0.372 e. The van der Waals surface area contributed by atoms with Crippen LogP contribution in [0.3, 0.4) is 0 Å². The number of carbonyl (C=O) groups excluding carboxylic acids is 1. The highest BCUT2D eigenvalue weighted by Crippen LogP contribution is 2.18. The second-order valence-corrected chi connectivity index (χ2v) is 7.18. The Hall–Kier alpha value is -2.53. The van der Waals surface area contributed by atoms with Gasteiger partial charge in [-0.15, -0.1) is 0 Å². The van der Waals surface area contributed by atoms with Crippen LogP contribution >= 0.6 is 0 Å². The quantitative estimate of drug-likeness (QED) is 0.758. The van der Waals surface area contributed by atoms with E-state index in [-0.39, 0.29) is 5.91 Å². The van der Waals surface area contributed by atoms with Crippen molar-refractivity contribution in [1.29, 1.82) is 0 Å². The van der Waals surface area contributed by atoms with Gasteiger partial charge in [0.05, 0.1) is 0 Å². The van der Waals surface area contributed by atoms with Crippen LogP contribution in [-0.4, -0.2) is 56.6 Å². The van der Waals surface area contributed by atoms with Crippen molar-refractivity contribution in [3.05, 3.63) is 54.6 Å². The lowest BCUT2D eigenvalue weighted by molar-refractivity contribution is -0.116. The van der Waals surface area contributed by atoms with Crippen molar-refractivity contribution < 1.29 is 4.79 Å². The number of amides is 1. The van der Waals surface area contributed by atoms with Gasteiger partial charge in [-0.25, -0.2) is 0 Å². The van der Waals surface area contributed by atoms with Gasteiger partial charge in [-0.05, 0) is 50.2 Å². The predicted octanol–water partition coefficient (Wildman–Crippen LogP) is 3.68. The number of hydrogen-bond donors (Lipinski definition) is 1. The van der Waals surface area contributed by atoms with E-state index < -0.39 is 0 Å². The van der Waals surface area contributed by atoms with Crippen molar-refractivity contribution in [1.82, 2.24) is 4.90 Å². The van der Waals surface area contributed by atoms with Crippen LogP contribution in [0.15, 0.2) is 54.6 Å². The van der Waals surface area contributed by atoms with Crippen LogP contribution in [0.4, 0.5) is 17.1 Å². The molecule has 1 aliphatic heterocycles. The summed E-state index contributed by atoms with van der Waals surface area (Å²) in [7, 11) is 0. The fraction of sp³-hybridized carbons (Fsp3) is 0.435. The molecule has 0 aliphatic carbocycles. The number of nitrogens with zero attached hydrogens (tertiary/aromatic N) is 3. The Kier molecular flexibility index (Phi) is 7.31. The van der Waals surface area contributed by atoms with Gasteiger partial charge in [-0.1, -0.05) is 18.2 Å². The van der Waals surface area contributed by atoms with E-state index in [1.165, 1.54) is 11.4 Å². The minimum absolute atomic E-state index is 0.0843. The average molecular weight is 381 g/mol. The van der Waals surface area contributed by atoms with Crippen molar-refractivity contribution in [3.8, 4) is 0 Å². The summed E-state index contributed by atoms with van der Waals surface area (Å²) in [4.78, 5) is 19.4. The van der Waals surface area contributed by atoms with Crippen LogP contribution in [0.5, 0.6) is 0 Å². The highest BCUT2D eigenvalue weighted by Gasteiger charge is 2.17. The van der Waals surface area contributed by atoms with E-state index in [0.29, 0.717) is 6.42 Å². The summed E-state index contributed by atoms with van der Waals surface area (Å²) >= 11 is 0. The maximum Gasteiger partial charge on any atom is 0.225 e. The van der Waals surface area contributed by atoms with Gasteiger partial charge in [0.25, 0.3) is 0 Å². The molecule has 0 bridgehead atoms. The molecule has 0 atom stereocenters. The van der Waals surface area contributed by atoms with Gasteiger partial charge >= 0.3 is 0 Å². The van der Waals surface area contributed by atoms with E-state index in [0.717, 1.165) is 51.5 Å². The summed E-state index contributed by atoms with van der Waals surface area (Å²) in [5.41, 5.74) is 3.35. The van der Waals surface area contributed by atoms with Crippen molar-refractivity contribution >= 4 is 23.0 Å². The monoisotopic (exact) mass is 380 g/mol. The molecule has 1 saturated heterocycles. The van der Waals surface area contributed by atoms with Crippen molar-refractivity contribution in [2.75, 3.05) is 60.9 Å². The SMILES string of the molecule is CCN(CC)c1ccc(NC(=O)CCN2CCN(c3ccccc3)CC2)cc1. The van der Waals surface area contributed by atoms with Gasteiger partial charge in [0, 0.05) is 69.3 Å². The highest BCUT2D eigenvalue weighted by atomic mass is 16.1. The smallest absolute Gasteiger partial charge is 0.225 e. The first kappa shape index (κ1) is 20.2. The molecular formula is C23H32N4O. The first-order chi connectivity index (χ1) is 13.7. The van der Waals surface area contributed by atoms with Crippen molar-refractivity contribution in [2.45, 2.75) is 20.3 Å². The van der Waals surface area contributed by atoms with Gasteiger partial charge in [-0.2, -0.15) is 0 Å². The van der Waals surface area contributed by atoms with Gasteiger partial charge in [0.2, 0.25) is 5.91 Å². The molecular weight excluding hydrogens is 348 g/mol. The van der Waals surface area contributed by atoms with Crippen LogP contribution in [0.1, 0.15) is 20.3 Å². The van der Waals surface area contributed by atoms with E-state index in [2.05, 4.69) is 76.3 Å². The Bertz CT molecular complexity index is 720. The third-order valence-corrected chi connectivity index (χ3v) is 5.43. The van der Waals surface area contributed by atoms with E-state index >= 15 is 0 Å². The molecule has 28 heavy (non-hydrogen) atoms. The van der Waals surface area contributed by atoms with E-state index in [9.17, 15) is 4.79 Å². The van der Waals surface area contributed by atoms with Gasteiger partial charge in [-0.3, -0.25) is 9.69 Å². The Morgan fingerprint density at radius 2 is 1.57 bits per heavy atom. The lowest BCUT2D eigenvalue weighted by Gasteiger charge is -2.36. The molecule has 0 spiro atoms. The van der Waals surface area contributed by atoms with E-state index in [1.54, 1.807) is 0 Å². The molecule has 2 aromatic carbocycles. The lowest BCUT2D eigenvalue weighted by atomic mass is 10.2. The average Bonchev–Trinajstić information content (AvgIpc) is 2.75. The number of piperazine rings is 1. The summed E-state index contributed by atoms with van der Waals surface area (Å²) in [6.45, 7) is 11.1. The van der Waals surface area contributed by atoms with Crippen molar-refractivity contribution in [2.24, 2.45) is 0 Å². The second-order valence-electron chi connectivity index (χ2n) is 7.18. The Balaban J connectivity index is 1.40.